The molecule has 0 saturated carbocycles. The Kier molecular flexibility index (Phi) is 9.49. The molecule has 31 heavy (non-hydrogen) atoms. The van der Waals surface area contributed by atoms with Crippen molar-refractivity contribution in [3.8, 4) is 0 Å². The fourth-order valence-electron chi connectivity index (χ4n) is 5.62. The van der Waals surface area contributed by atoms with Crippen molar-refractivity contribution in [2.24, 2.45) is 44.8 Å². The van der Waals surface area contributed by atoms with Gasteiger partial charge in [0.05, 0.1) is 11.3 Å². The molecule has 0 heterocycles. The first kappa shape index (κ1) is 29.9. The standard InChI is InChI=1S/C27H52O4/c1-18(21(28)29)14-25(8,9)19(15-23(2,3)4)20(16-24(5,6)7)26(10,11)17-27(12,13)22(30)31/h18-20H,14-17H2,1-13H3,(H,28,29)(H,30,31). The average Bonchev–Trinajstić information content (AvgIpc) is 2.46. The summed E-state index contributed by atoms with van der Waals surface area (Å²) in [5.41, 5.74) is -1.05. The summed E-state index contributed by atoms with van der Waals surface area (Å²) in [6.07, 6.45) is 3.15. The number of rotatable bonds is 11. The number of carboxylic acids is 2. The number of hydrogen-bond acceptors (Lipinski definition) is 2. The smallest absolute Gasteiger partial charge is 0.309 e. The van der Waals surface area contributed by atoms with Crippen LogP contribution < -0.4 is 0 Å². The zero-order valence-corrected chi connectivity index (χ0v) is 22.8. The van der Waals surface area contributed by atoms with Gasteiger partial charge in [-0.3, -0.25) is 9.59 Å². The van der Waals surface area contributed by atoms with Gasteiger partial charge >= 0.3 is 11.9 Å². The minimum Gasteiger partial charge on any atom is -0.481 e. The monoisotopic (exact) mass is 440 g/mol. The Morgan fingerprint density at radius 3 is 1.29 bits per heavy atom. The van der Waals surface area contributed by atoms with E-state index in [9.17, 15) is 19.8 Å². The lowest BCUT2D eigenvalue weighted by atomic mass is 9.53. The third-order valence-corrected chi connectivity index (χ3v) is 6.89. The first-order valence-corrected chi connectivity index (χ1v) is 11.9. The lowest BCUT2D eigenvalue weighted by Gasteiger charge is -2.52. The third-order valence-electron chi connectivity index (χ3n) is 6.89. The van der Waals surface area contributed by atoms with E-state index in [0.29, 0.717) is 12.8 Å². The fraction of sp³-hybridized carbons (Fsp3) is 0.926. The van der Waals surface area contributed by atoms with Crippen LogP contribution in [-0.4, -0.2) is 22.2 Å². The van der Waals surface area contributed by atoms with Crippen LogP contribution in [0.4, 0.5) is 0 Å². The third kappa shape index (κ3) is 9.95. The fourth-order valence-corrected chi connectivity index (χ4v) is 5.62. The number of hydrogen-bond donors (Lipinski definition) is 2. The van der Waals surface area contributed by atoms with Crippen LogP contribution in [0.5, 0.6) is 0 Å². The van der Waals surface area contributed by atoms with E-state index in [1.54, 1.807) is 6.92 Å². The zero-order chi connectivity index (χ0) is 25.2. The van der Waals surface area contributed by atoms with E-state index in [0.717, 1.165) is 12.8 Å². The Balaban J connectivity index is 6.53. The molecule has 0 radical (unpaired) electrons. The molecule has 0 bridgehead atoms. The molecule has 0 aromatic rings. The van der Waals surface area contributed by atoms with Gasteiger partial charge in [-0.2, -0.15) is 0 Å². The van der Waals surface area contributed by atoms with Gasteiger partial charge < -0.3 is 10.2 Å². The molecular weight excluding hydrogens is 388 g/mol. The van der Waals surface area contributed by atoms with Crippen LogP contribution in [0.1, 0.15) is 116 Å². The predicted molar refractivity (Wildman–Crippen MR) is 130 cm³/mol. The highest BCUT2D eigenvalue weighted by Crippen LogP contribution is 2.55. The zero-order valence-electron chi connectivity index (χ0n) is 22.8. The van der Waals surface area contributed by atoms with Crippen molar-refractivity contribution in [2.75, 3.05) is 0 Å². The lowest BCUT2D eigenvalue weighted by Crippen LogP contribution is -2.45. The molecule has 3 unspecified atom stereocenters. The molecule has 3 atom stereocenters. The summed E-state index contributed by atoms with van der Waals surface area (Å²) < 4.78 is 0. The van der Waals surface area contributed by atoms with Gasteiger partial charge in [0.2, 0.25) is 0 Å². The van der Waals surface area contributed by atoms with Gasteiger partial charge in [-0.05, 0) is 73.0 Å². The largest absolute Gasteiger partial charge is 0.481 e. The predicted octanol–water partition coefficient (Wildman–Crippen LogP) is 7.76. The van der Waals surface area contributed by atoms with Crippen molar-refractivity contribution in [2.45, 2.75) is 116 Å². The molecule has 2 N–H and O–H groups in total. The van der Waals surface area contributed by atoms with E-state index >= 15 is 0 Å². The molecular formula is C27H52O4. The Labute approximate surface area is 192 Å². The number of carboxylic acid groups (broad SMARTS) is 2. The lowest BCUT2D eigenvalue weighted by molar-refractivity contribution is -0.150. The minimum atomic E-state index is -0.815. The first-order valence-electron chi connectivity index (χ1n) is 11.9. The second-order valence-electron chi connectivity index (χ2n) is 14.5. The molecule has 0 spiro atoms. The second-order valence-corrected chi connectivity index (χ2v) is 14.5. The number of carbonyl (C=O) groups is 2. The molecule has 0 aromatic heterocycles. The van der Waals surface area contributed by atoms with Gasteiger partial charge in [0.25, 0.3) is 0 Å². The molecule has 0 aliphatic carbocycles. The Morgan fingerprint density at radius 2 is 1.00 bits per heavy atom. The summed E-state index contributed by atoms with van der Waals surface area (Å²) in [5, 5.41) is 19.4. The van der Waals surface area contributed by atoms with E-state index in [1.165, 1.54) is 0 Å². The van der Waals surface area contributed by atoms with Crippen LogP contribution in [0.3, 0.4) is 0 Å². The van der Waals surface area contributed by atoms with Crippen LogP contribution in [-0.2, 0) is 9.59 Å². The minimum absolute atomic E-state index is 0.0833. The van der Waals surface area contributed by atoms with Crippen molar-refractivity contribution in [3.63, 3.8) is 0 Å². The van der Waals surface area contributed by atoms with Gasteiger partial charge in [0.15, 0.2) is 0 Å². The van der Waals surface area contributed by atoms with Gasteiger partial charge in [-0.25, -0.2) is 0 Å². The molecule has 184 valence electrons. The summed E-state index contributed by atoms with van der Waals surface area (Å²) in [6, 6.07) is 0. The van der Waals surface area contributed by atoms with Crippen molar-refractivity contribution >= 4 is 11.9 Å². The normalized spacial score (nSPS) is 17.2. The van der Waals surface area contributed by atoms with Crippen LogP contribution in [0.2, 0.25) is 0 Å². The first-order chi connectivity index (χ1) is 13.4. The molecule has 0 fully saturated rings. The van der Waals surface area contributed by atoms with Gasteiger partial charge in [-0.1, -0.05) is 76.2 Å². The van der Waals surface area contributed by atoms with Crippen LogP contribution in [0, 0.1) is 44.8 Å². The van der Waals surface area contributed by atoms with Gasteiger partial charge in [0.1, 0.15) is 0 Å². The second kappa shape index (κ2) is 9.83. The highest BCUT2D eigenvalue weighted by Gasteiger charge is 2.48. The van der Waals surface area contributed by atoms with E-state index < -0.39 is 23.3 Å². The highest BCUT2D eigenvalue weighted by atomic mass is 16.4. The summed E-state index contributed by atoms with van der Waals surface area (Å²) in [5.74, 6) is -1.39. The van der Waals surface area contributed by atoms with Crippen molar-refractivity contribution in [3.05, 3.63) is 0 Å². The van der Waals surface area contributed by atoms with Gasteiger partial charge in [-0.15, -0.1) is 0 Å². The highest BCUT2D eigenvalue weighted by molar-refractivity contribution is 5.73. The molecule has 0 aliphatic heterocycles. The summed E-state index contributed by atoms with van der Waals surface area (Å²) >= 11 is 0. The Morgan fingerprint density at radius 1 is 0.645 bits per heavy atom. The number of aliphatic carboxylic acids is 2. The molecule has 0 amide bonds. The van der Waals surface area contributed by atoms with Crippen LogP contribution in [0.25, 0.3) is 0 Å². The molecule has 0 aromatic carbocycles. The summed E-state index contributed by atoms with van der Waals surface area (Å²) in [7, 11) is 0. The average molecular weight is 441 g/mol. The van der Waals surface area contributed by atoms with Crippen LogP contribution >= 0.6 is 0 Å². The van der Waals surface area contributed by atoms with Crippen molar-refractivity contribution in [1.82, 2.24) is 0 Å². The SMILES string of the molecule is CC(CC(C)(C)C(CC(C)(C)C)C(CC(C)(C)C)C(C)(C)CC(C)(C)C(=O)O)C(=O)O. The Hall–Kier alpha value is -1.06. The summed E-state index contributed by atoms with van der Waals surface area (Å²) in [6.45, 7) is 27.8. The van der Waals surface area contributed by atoms with Crippen LogP contribution in [0.15, 0.2) is 0 Å². The van der Waals surface area contributed by atoms with E-state index in [1.807, 2.05) is 13.8 Å². The topological polar surface area (TPSA) is 74.6 Å². The maximum absolute atomic E-state index is 12.0. The van der Waals surface area contributed by atoms with E-state index in [2.05, 4.69) is 69.2 Å². The maximum atomic E-state index is 12.0. The Bertz CT molecular complexity index is 614. The molecule has 4 nitrogen and oxygen atoms in total. The van der Waals surface area contributed by atoms with Crippen molar-refractivity contribution < 1.29 is 19.8 Å². The quantitative estimate of drug-likeness (QED) is 0.344. The molecule has 4 heteroatoms. The van der Waals surface area contributed by atoms with Crippen molar-refractivity contribution in [1.29, 1.82) is 0 Å². The molecule has 0 saturated heterocycles. The molecule has 0 aliphatic rings. The van der Waals surface area contributed by atoms with E-state index in [-0.39, 0.29) is 33.5 Å². The maximum Gasteiger partial charge on any atom is 0.309 e. The van der Waals surface area contributed by atoms with Gasteiger partial charge in [0, 0.05) is 0 Å². The summed E-state index contributed by atoms with van der Waals surface area (Å²) in [4.78, 5) is 23.6. The van der Waals surface area contributed by atoms with E-state index in [4.69, 9.17) is 0 Å². The molecule has 0 rings (SSSR count).